The predicted octanol–water partition coefficient (Wildman–Crippen LogP) is 1.86. The predicted molar refractivity (Wildman–Crippen MR) is 94.3 cm³/mol. The highest BCUT2D eigenvalue weighted by Gasteiger charge is 2.19. The molecule has 0 unspecified atom stereocenters. The van der Waals surface area contributed by atoms with Gasteiger partial charge in [0, 0.05) is 19.9 Å². The minimum absolute atomic E-state index is 0.0493. The quantitative estimate of drug-likeness (QED) is 0.782. The molecule has 6 nitrogen and oxygen atoms in total. The van der Waals surface area contributed by atoms with E-state index >= 15 is 0 Å². The fraction of sp³-hybridized carbons (Fsp3) is 0.316. The van der Waals surface area contributed by atoms with Gasteiger partial charge in [-0.2, -0.15) is 0 Å². The Hall–Kier alpha value is -2.73. The summed E-state index contributed by atoms with van der Waals surface area (Å²) >= 11 is 0. The zero-order chi connectivity index (χ0) is 17.5. The lowest BCUT2D eigenvalue weighted by molar-refractivity contribution is -0.120. The lowest BCUT2D eigenvalue weighted by atomic mass is 10.1. The van der Waals surface area contributed by atoms with Crippen LogP contribution in [0.5, 0.6) is 0 Å². The van der Waals surface area contributed by atoms with Gasteiger partial charge in [-0.1, -0.05) is 30.3 Å². The van der Waals surface area contributed by atoms with Crippen molar-refractivity contribution in [2.24, 2.45) is 4.99 Å². The number of hydrogen-bond acceptors (Lipinski definition) is 5. The molecule has 0 saturated carbocycles. The highest BCUT2D eigenvalue weighted by atomic mass is 16.5. The number of benzene rings is 1. The van der Waals surface area contributed by atoms with Crippen molar-refractivity contribution in [2.75, 3.05) is 20.3 Å². The maximum absolute atomic E-state index is 12.1. The number of methoxy groups -OCH3 is 1. The first kappa shape index (κ1) is 17.1. The van der Waals surface area contributed by atoms with Crippen molar-refractivity contribution in [2.45, 2.75) is 19.5 Å². The Labute approximate surface area is 146 Å². The number of carbonyl (C=O) groups is 1. The molecule has 0 bridgehead atoms. The number of rotatable bonds is 7. The topological polar surface area (TPSA) is 72.8 Å². The number of ether oxygens (including phenoxy) is 2. The summed E-state index contributed by atoms with van der Waals surface area (Å²) in [5, 5.41) is 2.91. The van der Waals surface area contributed by atoms with Gasteiger partial charge in [0.15, 0.2) is 0 Å². The van der Waals surface area contributed by atoms with Crippen molar-refractivity contribution in [3.8, 4) is 0 Å². The van der Waals surface area contributed by atoms with Gasteiger partial charge in [0.05, 0.1) is 30.8 Å². The van der Waals surface area contributed by atoms with E-state index in [1.165, 1.54) is 0 Å². The molecular weight excluding hydrogens is 318 g/mol. The van der Waals surface area contributed by atoms with Gasteiger partial charge in [-0.3, -0.25) is 9.78 Å². The standard InChI is InChI=1S/C19H21N3O3/c1-24-7-8-25-19-17-13-20-16(9-15(17)12-22-19)10-18(23)21-11-14-5-3-2-4-6-14/h2-6,9,13H,7-8,10-12H2,1H3,(H,21,23). The first-order valence-electron chi connectivity index (χ1n) is 8.21. The lowest BCUT2D eigenvalue weighted by Crippen LogP contribution is -2.25. The SMILES string of the molecule is COCCOC1=NCc2cc(CC(=O)NCc3ccccc3)ncc21. The van der Waals surface area contributed by atoms with Gasteiger partial charge >= 0.3 is 0 Å². The van der Waals surface area contributed by atoms with E-state index in [1.807, 2.05) is 36.4 Å². The van der Waals surface area contributed by atoms with Gasteiger partial charge in [0.25, 0.3) is 0 Å². The molecule has 2 aromatic rings. The molecule has 0 spiro atoms. The highest BCUT2D eigenvalue weighted by Crippen LogP contribution is 2.19. The molecule has 1 aliphatic heterocycles. The van der Waals surface area contributed by atoms with Crippen LogP contribution < -0.4 is 5.32 Å². The third-order valence-corrected chi connectivity index (χ3v) is 3.87. The average molecular weight is 339 g/mol. The molecule has 0 aliphatic carbocycles. The number of nitrogens with one attached hydrogen (secondary N) is 1. The largest absolute Gasteiger partial charge is 0.475 e. The number of aliphatic imine (C=N–C) groups is 1. The second-order valence-corrected chi connectivity index (χ2v) is 5.73. The molecule has 1 N–H and O–H groups in total. The fourth-order valence-corrected chi connectivity index (χ4v) is 2.58. The van der Waals surface area contributed by atoms with E-state index in [1.54, 1.807) is 13.3 Å². The van der Waals surface area contributed by atoms with Gasteiger partial charge < -0.3 is 14.8 Å². The summed E-state index contributed by atoms with van der Waals surface area (Å²) < 4.78 is 10.6. The van der Waals surface area contributed by atoms with Crippen molar-refractivity contribution < 1.29 is 14.3 Å². The van der Waals surface area contributed by atoms with Crippen LogP contribution in [0.3, 0.4) is 0 Å². The number of hydrogen-bond donors (Lipinski definition) is 1. The van der Waals surface area contributed by atoms with E-state index in [0.29, 0.717) is 32.2 Å². The second-order valence-electron chi connectivity index (χ2n) is 5.73. The van der Waals surface area contributed by atoms with E-state index in [2.05, 4.69) is 15.3 Å². The van der Waals surface area contributed by atoms with Crippen LogP contribution in [-0.4, -0.2) is 37.1 Å². The monoisotopic (exact) mass is 339 g/mol. The summed E-state index contributed by atoms with van der Waals surface area (Å²) in [6, 6.07) is 11.8. The highest BCUT2D eigenvalue weighted by molar-refractivity contribution is 5.97. The molecule has 0 fully saturated rings. The number of aromatic nitrogens is 1. The van der Waals surface area contributed by atoms with E-state index < -0.39 is 0 Å². The molecule has 1 amide bonds. The van der Waals surface area contributed by atoms with Gasteiger partial charge in [-0.05, 0) is 17.2 Å². The summed E-state index contributed by atoms with van der Waals surface area (Å²) in [5.41, 5.74) is 3.74. The van der Waals surface area contributed by atoms with Crippen molar-refractivity contribution >= 4 is 11.8 Å². The van der Waals surface area contributed by atoms with Gasteiger partial charge in [-0.15, -0.1) is 0 Å². The first-order chi connectivity index (χ1) is 12.3. The molecule has 1 aliphatic rings. The molecule has 25 heavy (non-hydrogen) atoms. The first-order valence-corrected chi connectivity index (χ1v) is 8.21. The number of nitrogens with zero attached hydrogens (tertiary/aromatic N) is 2. The maximum Gasteiger partial charge on any atom is 0.226 e. The van der Waals surface area contributed by atoms with Crippen molar-refractivity contribution in [3.63, 3.8) is 0 Å². The van der Waals surface area contributed by atoms with Crippen LogP contribution in [-0.2, 0) is 33.8 Å². The maximum atomic E-state index is 12.1. The van der Waals surface area contributed by atoms with Crippen LogP contribution >= 0.6 is 0 Å². The third-order valence-electron chi connectivity index (χ3n) is 3.87. The van der Waals surface area contributed by atoms with Crippen LogP contribution in [0.1, 0.15) is 22.4 Å². The number of pyridine rings is 1. The fourth-order valence-electron chi connectivity index (χ4n) is 2.58. The molecule has 0 saturated heterocycles. The van der Waals surface area contributed by atoms with E-state index in [9.17, 15) is 4.79 Å². The Morgan fingerprint density at radius 2 is 2.08 bits per heavy atom. The zero-order valence-electron chi connectivity index (χ0n) is 14.2. The van der Waals surface area contributed by atoms with Crippen molar-refractivity contribution in [3.05, 3.63) is 65.0 Å². The lowest BCUT2D eigenvalue weighted by Gasteiger charge is -2.08. The molecule has 6 heteroatoms. The van der Waals surface area contributed by atoms with Crippen LogP contribution in [0.25, 0.3) is 0 Å². The van der Waals surface area contributed by atoms with E-state index in [0.717, 1.165) is 22.4 Å². The Bertz CT molecular complexity index is 760. The molecule has 0 atom stereocenters. The normalized spacial score (nSPS) is 12.4. The smallest absolute Gasteiger partial charge is 0.226 e. The van der Waals surface area contributed by atoms with Crippen LogP contribution in [0, 0.1) is 0 Å². The van der Waals surface area contributed by atoms with Crippen molar-refractivity contribution in [1.82, 2.24) is 10.3 Å². The molecule has 2 heterocycles. The van der Waals surface area contributed by atoms with Crippen LogP contribution in [0.15, 0.2) is 47.6 Å². The summed E-state index contributed by atoms with van der Waals surface area (Å²) in [4.78, 5) is 20.8. The van der Waals surface area contributed by atoms with Crippen molar-refractivity contribution in [1.29, 1.82) is 0 Å². The van der Waals surface area contributed by atoms with E-state index in [-0.39, 0.29) is 12.3 Å². The Morgan fingerprint density at radius 1 is 1.24 bits per heavy atom. The summed E-state index contributed by atoms with van der Waals surface area (Å²) in [5.74, 6) is 0.548. The van der Waals surface area contributed by atoms with Crippen LogP contribution in [0.4, 0.5) is 0 Å². The van der Waals surface area contributed by atoms with Crippen LogP contribution in [0.2, 0.25) is 0 Å². The molecule has 0 radical (unpaired) electrons. The molecule has 1 aromatic carbocycles. The third kappa shape index (κ3) is 4.64. The van der Waals surface area contributed by atoms with Gasteiger partial charge in [0.1, 0.15) is 6.61 Å². The molecule has 130 valence electrons. The second kappa shape index (κ2) is 8.39. The minimum atomic E-state index is -0.0493. The summed E-state index contributed by atoms with van der Waals surface area (Å²) in [6.45, 7) is 2.05. The Balaban J connectivity index is 1.54. The summed E-state index contributed by atoms with van der Waals surface area (Å²) in [7, 11) is 1.63. The number of fused-ring (bicyclic) bond motifs is 1. The number of carbonyl (C=O) groups excluding carboxylic acids is 1. The Kier molecular flexibility index (Phi) is 5.74. The molecular formula is C19H21N3O3. The number of amides is 1. The molecule has 1 aromatic heterocycles. The molecule has 3 rings (SSSR count). The zero-order valence-corrected chi connectivity index (χ0v) is 14.2. The minimum Gasteiger partial charge on any atom is -0.475 e. The average Bonchev–Trinajstić information content (AvgIpc) is 3.03. The Morgan fingerprint density at radius 3 is 2.88 bits per heavy atom. The van der Waals surface area contributed by atoms with Gasteiger partial charge in [0.2, 0.25) is 11.8 Å². The summed E-state index contributed by atoms with van der Waals surface area (Å²) in [6.07, 6.45) is 1.98. The van der Waals surface area contributed by atoms with E-state index in [4.69, 9.17) is 9.47 Å². The van der Waals surface area contributed by atoms with Gasteiger partial charge in [-0.25, -0.2) is 4.99 Å².